The first-order valence-electron chi connectivity index (χ1n) is 6.67. The zero-order chi connectivity index (χ0) is 12.3. The highest BCUT2D eigenvalue weighted by molar-refractivity contribution is 5.30. The van der Waals surface area contributed by atoms with Crippen LogP contribution in [0.4, 0.5) is 0 Å². The Morgan fingerprint density at radius 3 is 2.94 bits per heavy atom. The van der Waals surface area contributed by atoms with E-state index in [1.165, 1.54) is 42.6 Å². The van der Waals surface area contributed by atoms with Gasteiger partial charge in [-0.25, -0.2) is 0 Å². The number of likely N-dealkylation sites (tertiary alicyclic amines) is 1. The Morgan fingerprint density at radius 2 is 2.18 bits per heavy atom. The molecular weight excluding hydrogens is 208 g/mol. The van der Waals surface area contributed by atoms with Crippen molar-refractivity contribution in [3.05, 3.63) is 34.9 Å². The lowest BCUT2D eigenvalue weighted by Gasteiger charge is -2.32. The van der Waals surface area contributed by atoms with Crippen LogP contribution < -0.4 is 5.73 Å². The third-order valence-electron chi connectivity index (χ3n) is 3.84. The molecule has 1 aliphatic rings. The van der Waals surface area contributed by atoms with Gasteiger partial charge < -0.3 is 5.73 Å². The van der Waals surface area contributed by atoms with Crippen LogP contribution in [-0.2, 0) is 6.54 Å². The van der Waals surface area contributed by atoms with Crippen LogP contribution in [-0.4, -0.2) is 24.5 Å². The van der Waals surface area contributed by atoms with Gasteiger partial charge in [-0.2, -0.15) is 0 Å². The minimum absolute atomic E-state index is 0.703. The SMILES string of the molecule is Cc1ccc(C)c(CN2CCC[C@@H](CN)C2)c1. The van der Waals surface area contributed by atoms with Gasteiger partial charge >= 0.3 is 0 Å². The van der Waals surface area contributed by atoms with E-state index in [1.54, 1.807) is 0 Å². The van der Waals surface area contributed by atoms with Gasteiger partial charge in [0.1, 0.15) is 0 Å². The molecular formula is C15H24N2. The molecule has 1 atom stereocenters. The number of aryl methyl sites for hydroxylation is 2. The molecule has 1 aromatic rings. The van der Waals surface area contributed by atoms with Crippen molar-refractivity contribution >= 4 is 0 Å². The Hall–Kier alpha value is -0.860. The summed E-state index contributed by atoms with van der Waals surface area (Å²) in [4.78, 5) is 2.56. The van der Waals surface area contributed by atoms with Crippen LogP contribution in [0.1, 0.15) is 29.5 Å². The predicted molar refractivity (Wildman–Crippen MR) is 73.0 cm³/mol. The number of rotatable bonds is 3. The van der Waals surface area contributed by atoms with Gasteiger partial charge in [0.15, 0.2) is 0 Å². The van der Waals surface area contributed by atoms with Crippen molar-refractivity contribution in [2.24, 2.45) is 11.7 Å². The molecule has 2 nitrogen and oxygen atoms in total. The van der Waals surface area contributed by atoms with Crippen LogP contribution in [0.15, 0.2) is 18.2 Å². The quantitative estimate of drug-likeness (QED) is 0.867. The molecule has 0 radical (unpaired) electrons. The first-order chi connectivity index (χ1) is 8.19. The molecule has 94 valence electrons. The molecule has 0 amide bonds. The molecule has 0 saturated carbocycles. The predicted octanol–water partition coefficient (Wildman–Crippen LogP) is 2.47. The molecule has 2 rings (SSSR count). The number of piperidine rings is 1. The maximum Gasteiger partial charge on any atom is 0.0236 e. The number of hydrogen-bond donors (Lipinski definition) is 1. The second kappa shape index (κ2) is 5.65. The Balaban J connectivity index is 2.02. The van der Waals surface area contributed by atoms with Crippen LogP contribution in [0.5, 0.6) is 0 Å². The molecule has 1 fully saturated rings. The molecule has 0 unspecified atom stereocenters. The van der Waals surface area contributed by atoms with E-state index in [2.05, 4.69) is 36.9 Å². The second-order valence-corrected chi connectivity index (χ2v) is 5.41. The minimum atomic E-state index is 0.703. The standard InChI is InChI=1S/C15H24N2/c1-12-5-6-13(2)15(8-12)11-17-7-3-4-14(9-16)10-17/h5-6,8,14H,3-4,7,9-11,16H2,1-2H3/t14-/m0/s1. The molecule has 0 aromatic heterocycles. The maximum absolute atomic E-state index is 5.79. The lowest BCUT2D eigenvalue weighted by molar-refractivity contribution is 0.171. The van der Waals surface area contributed by atoms with E-state index < -0.39 is 0 Å². The van der Waals surface area contributed by atoms with Crippen molar-refractivity contribution in [1.29, 1.82) is 0 Å². The summed E-state index contributed by atoms with van der Waals surface area (Å²) >= 11 is 0. The highest BCUT2D eigenvalue weighted by atomic mass is 15.1. The van der Waals surface area contributed by atoms with Gasteiger partial charge in [-0.1, -0.05) is 23.8 Å². The molecule has 17 heavy (non-hydrogen) atoms. The first-order valence-corrected chi connectivity index (χ1v) is 6.67. The normalized spacial score (nSPS) is 21.7. The highest BCUT2D eigenvalue weighted by Crippen LogP contribution is 2.19. The number of benzene rings is 1. The molecule has 1 saturated heterocycles. The highest BCUT2D eigenvalue weighted by Gasteiger charge is 2.18. The monoisotopic (exact) mass is 232 g/mol. The summed E-state index contributed by atoms with van der Waals surface area (Å²) in [5.41, 5.74) is 10.0. The average Bonchev–Trinajstić information content (AvgIpc) is 2.34. The minimum Gasteiger partial charge on any atom is -0.330 e. The van der Waals surface area contributed by atoms with Crippen molar-refractivity contribution in [3.63, 3.8) is 0 Å². The maximum atomic E-state index is 5.79. The summed E-state index contributed by atoms with van der Waals surface area (Å²) in [6, 6.07) is 6.74. The van der Waals surface area contributed by atoms with E-state index in [4.69, 9.17) is 5.73 Å². The van der Waals surface area contributed by atoms with Crippen LogP contribution in [0.3, 0.4) is 0 Å². The second-order valence-electron chi connectivity index (χ2n) is 5.41. The van der Waals surface area contributed by atoms with E-state index in [-0.39, 0.29) is 0 Å². The van der Waals surface area contributed by atoms with Gasteiger partial charge in [0, 0.05) is 13.1 Å². The molecule has 1 heterocycles. The van der Waals surface area contributed by atoms with Crippen molar-refractivity contribution in [3.8, 4) is 0 Å². The summed E-state index contributed by atoms with van der Waals surface area (Å²) < 4.78 is 0. The molecule has 0 bridgehead atoms. The van der Waals surface area contributed by atoms with Crippen LogP contribution in [0, 0.1) is 19.8 Å². The van der Waals surface area contributed by atoms with Gasteiger partial charge in [-0.3, -0.25) is 4.90 Å². The third kappa shape index (κ3) is 3.30. The topological polar surface area (TPSA) is 29.3 Å². The zero-order valence-electron chi connectivity index (χ0n) is 11.1. The van der Waals surface area contributed by atoms with E-state index in [0.29, 0.717) is 5.92 Å². The molecule has 0 spiro atoms. The lowest BCUT2D eigenvalue weighted by Crippen LogP contribution is -2.37. The van der Waals surface area contributed by atoms with Crippen LogP contribution >= 0.6 is 0 Å². The fourth-order valence-corrected chi connectivity index (χ4v) is 2.70. The first kappa shape index (κ1) is 12.6. The number of nitrogens with zero attached hydrogens (tertiary/aromatic N) is 1. The number of nitrogens with two attached hydrogens (primary N) is 1. The lowest BCUT2D eigenvalue weighted by atomic mass is 9.97. The van der Waals surface area contributed by atoms with Gasteiger partial charge in [0.25, 0.3) is 0 Å². The summed E-state index contributed by atoms with van der Waals surface area (Å²) in [5.74, 6) is 0.703. The fourth-order valence-electron chi connectivity index (χ4n) is 2.70. The Bertz CT molecular complexity index is 373. The molecule has 1 aromatic carbocycles. The largest absolute Gasteiger partial charge is 0.330 e. The Kier molecular flexibility index (Phi) is 4.19. The summed E-state index contributed by atoms with van der Waals surface area (Å²) in [6.45, 7) is 8.70. The zero-order valence-corrected chi connectivity index (χ0v) is 11.1. The number of hydrogen-bond acceptors (Lipinski definition) is 2. The van der Waals surface area contributed by atoms with E-state index in [0.717, 1.165) is 13.1 Å². The summed E-state index contributed by atoms with van der Waals surface area (Å²) in [5, 5.41) is 0. The van der Waals surface area contributed by atoms with E-state index >= 15 is 0 Å². The van der Waals surface area contributed by atoms with Gasteiger partial charge in [0.2, 0.25) is 0 Å². The molecule has 2 N–H and O–H groups in total. The van der Waals surface area contributed by atoms with Gasteiger partial charge in [-0.15, -0.1) is 0 Å². The van der Waals surface area contributed by atoms with Crippen LogP contribution in [0.2, 0.25) is 0 Å². The van der Waals surface area contributed by atoms with Crippen molar-refractivity contribution < 1.29 is 0 Å². The molecule has 2 heteroatoms. The van der Waals surface area contributed by atoms with Crippen molar-refractivity contribution in [1.82, 2.24) is 4.90 Å². The smallest absolute Gasteiger partial charge is 0.0236 e. The summed E-state index contributed by atoms with van der Waals surface area (Å²) in [7, 11) is 0. The molecule has 1 aliphatic heterocycles. The Labute approximate surface area is 105 Å². The Morgan fingerprint density at radius 1 is 1.35 bits per heavy atom. The fraction of sp³-hybridized carbons (Fsp3) is 0.600. The van der Waals surface area contributed by atoms with Crippen molar-refractivity contribution in [2.45, 2.75) is 33.2 Å². The molecule has 0 aliphatic carbocycles. The van der Waals surface area contributed by atoms with Gasteiger partial charge in [-0.05, 0) is 56.8 Å². The van der Waals surface area contributed by atoms with Gasteiger partial charge in [0.05, 0.1) is 0 Å². The third-order valence-corrected chi connectivity index (χ3v) is 3.84. The summed E-state index contributed by atoms with van der Waals surface area (Å²) in [6.07, 6.45) is 2.60. The van der Waals surface area contributed by atoms with Crippen molar-refractivity contribution in [2.75, 3.05) is 19.6 Å². The van der Waals surface area contributed by atoms with Crippen LogP contribution in [0.25, 0.3) is 0 Å². The van der Waals surface area contributed by atoms with E-state index in [9.17, 15) is 0 Å². The van der Waals surface area contributed by atoms with E-state index in [1.807, 2.05) is 0 Å². The average molecular weight is 232 g/mol.